The van der Waals surface area contributed by atoms with Gasteiger partial charge >= 0.3 is 5.97 Å². The molecule has 2 saturated carbocycles. The smallest absolute Gasteiger partial charge is 0.303 e. The van der Waals surface area contributed by atoms with Crippen LogP contribution in [0.2, 0.25) is 0 Å². The lowest BCUT2D eigenvalue weighted by molar-refractivity contribution is -0.137. The van der Waals surface area contributed by atoms with Crippen LogP contribution in [-0.2, 0) is 9.59 Å². The molecule has 2 N–H and O–H groups in total. The summed E-state index contributed by atoms with van der Waals surface area (Å²) in [5.74, 6) is 1.80. The molecule has 2 bridgehead atoms. The van der Waals surface area contributed by atoms with Crippen LogP contribution in [0.15, 0.2) is 30.3 Å². The Morgan fingerprint density at radius 3 is 2.59 bits per heavy atom. The second kappa shape index (κ2) is 9.38. The summed E-state index contributed by atoms with van der Waals surface area (Å²) in [7, 11) is 0. The first-order chi connectivity index (χ1) is 13.1. The van der Waals surface area contributed by atoms with Crippen LogP contribution in [0.25, 0.3) is 0 Å². The van der Waals surface area contributed by atoms with Gasteiger partial charge in [0, 0.05) is 18.9 Å². The van der Waals surface area contributed by atoms with Gasteiger partial charge in [-0.25, -0.2) is 0 Å². The molecule has 1 aromatic rings. The molecule has 0 spiro atoms. The van der Waals surface area contributed by atoms with E-state index in [2.05, 4.69) is 24.4 Å². The van der Waals surface area contributed by atoms with E-state index in [9.17, 15) is 9.59 Å². The van der Waals surface area contributed by atoms with Crippen molar-refractivity contribution >= 4 is 11.9 Å². The molecule has 2 fully saturated rings. The molecule has 27 heavy (non-hydrogen) atoms. The van der Waals surface area contributed by atoms with Crippen LogP contribution in [0.1, 0.15) is 69.8 Å². The Hall–Kier alpha value is -1.84. The van der Waals surface area contributed by atoms with Gasteiger partial charge < -0.3 is 10.4 Å². The van der Waals surface area contributed by atoms with E-state index >= 15 is 0 Å². The third-order valence-corrected chi connectivity index (χ3v) is 6.77. The summed E-state index contributed by atoms with van der Waals surface area (Å²) >= 11 is 0. The highest BCUT2D eigenvalue weighted by Gasteiger charge is 2.49. The summed E-state index contributed by atoms with van der Waals surface area (Å²) in [6.07, 6.45) is 7.78. The number of hydrogen-bond donors (Lipinski definition) is 2. The van der Waals surface area contributed by atoms with Gasteiger partial charge in [-0.05, 0) is 61.3 Å². The third-order valence-electron chi connectivity index (χ3n) is 6.77. The first-order valence-corrected chi connectivity index (χ1v) is 10.6. The fraction of sp³-hybridized carbons (Fsp3) is 0.652. The first kappa shape index (κ1) is 19.9. The van der Waals surface area contributed by atoms with Crippen LogP contribution in [0.3, 0.4) is 0 Å². The molecule has 5 unspecified atom stereocenters. The molecule has 5 atom stereocenters. The Morgan fingerprint density at radius 1 is 1.11 bits per heavy atom. The summed E-state index contributed by atoms with van der Waals surface area (Å²) in [4.78, 5) is 23.6. The van der Waals surface area contributed by atoms with Crippen molar-refractivity contribution in [2.75, 3.05) is 6.54 Å². The third kappa shape index (κ3) is 5.12. The molecule has 4 nitrogen and oxygen atoms in total. The fourth-order valence-corrected chi connectivity index (χ4v) is 5.34. The van der Waals surface area contributed by atoms with Crippen LogP contribution < -0.4 is 5.32 Å². The summed E-state index contributed by atoms with van der Waals surface area (Å²) in [5, 5.41) is 12.0. The average Bonchev–Trinajstić information content (AvgIpc) is 3.27. The Bertz CT molecular complexity index is 630. The minimum Gasteiger partial charge on any atom is -0.481 e. The highest BCUT2D eigenvalue weighted by molar-refractivity contribution is 5.80. The Morgan fingerprint density at radius 2 is 1.85 bits per heavy atom. The topological polar surface area (TPSA) is 66.4 Å². The van der Waals surface area contributed by atoms with Gasteiger partial charge in [-0.2, -0.15) is 0 Å². The first-order valence-electron chi connectivity index (χ1n) is 10.6. The number of amides is 1. The van der Waals surface area contributed by atoms with E-state index in [0.717, 1.165) is 25.7 Å². The fourth-order valence-electron chi connectivity index (χ4n) is 5.34. The zero-order valence-electron chi connectivity index (χ0n) is 16.4. The number of rotatable bonds is 10. The lowest BCUT2D eigenvalue weighted by Gasteiger charge is -2.30. The van der Waals surface area contributed by atoms with E-state index in [1.54, 1.807) is 0 Å². The molecule has 3 rings (SSSR count). The minimum atomic E-state index is -0.709. The number of unbranched alkanes of at least 4 members (excludes halogenated alkanes) is 2. The normalized spacial score (nSPS) is 27.4. The van der Waals surface area contributed by atoms with Crippen molar-refractivity contribution in [2.45, 2.75) is 64.2 Å². The number of carboxylic acids is 1. The van der Waals surface area contributed by atoms with Crippen LogP contribution >= 0.6 is 0 Å². The maximum Gasteiger partial charge on any atom is 0.303 e. The molecule has 2 aliphatic rings. The molecule has 4 heteroatoms. The van der Waals surface area contributed by atoms with Crippen molar-refractivity contribution in [3.05, 3.63) is 35.9 Å². The number of fused-ring (bicyclic) bond motifs is 2. The van der Waals surface area contributed by atoms with Crippen molar-refractivity contribution in [1.29, 1.82) is 0 Å². The van der Waals surface area contributed by atoms with Gasteiger partial charge in [0.1, 0.15) is 0 Å². The van der Waals surface area contributed by atoms with E-state index in [0.29, 0.717) is 30.2 Å². The Balaban J connectivity index is 1.48. The van der Waals surface area contributed by atoms with Crippen LogP contribution in [-0.4, -0.2) is 23.5 Å². The molecule has 0 heterocycles. The highest BCUT2D eigenvalue weighted by Crippen LogP contribution is 2.54. The monoisotopic (exact) mass is 371 g/mol. The van der Waals surface area contributed by atoms with Gasteiger partial charge in [0.25, 0.3) is 0 Å². The molecular formula is C23H33NO3. The van der Waals surface area contributed by atoms with Gasteiger partial charge in [-0.15, -0.1) is 0 Å². The maximum absolute atomic E-state index is 13.0. The zero-order chi connectivity index (χ0) is 19.2. The summed E-state index contributed by atoms with van der Waals surface area (Å²) in [5.41, 5.74) is 1.26. The quantitative estimate of drug-likeness (QED) is 0.591. The lowest BCUT2D eigenvalue weighted by atomic mass is 9.76. The van der Waals surface area contributed by atoms with Gasteiger partial charge in [0.15, 0.2) is 0 Å². The van der Waals surface area contributed by atoms with E-state index in [-0.39, 0.29) is 18.2 Å². The second-order valence-electron chi connectivity index (χ2n) is 8.57. The Kier molecular flexibility index (Phi) is 6.92. The number of aliphatic carboxylic acids is 1. The molecule has 0 saturated heterocycles. The van der Waals surface area contributed by atoms with Gasteiger partial charge in [0.05, 0.1) is 0 Å². The molecule has 1 aromatic carbocycles. The van der Waals surface area contributed by atoms with E-state index in [1.807, 2.05) is 18.2 Å². The minimum absolute atomic E-state index is 0.172. The standard InChI is InChI=1S/C23H33NO3/c1-16(17-8-4-2-5-9-17)15-24-23(27)22-19-13-12-18(14-19)20(22)10-6-3-7-11-21(25)26/h2,4-5,8-9,16,18-20,22H,3,6-7,10-15H2,1H3,(H,24,27)(H,25,26). The van der Waals surface area contributed by atoms with Crippen molar-refractivity contribution in [2.24, 2.45) is 23.7 Å². The van der Waals surface area contributed by atoms with E-state index < -0.39 is 5.97 Å². The number of hydrogen-bond acceptors (Lipinski definition) is 2. The summed E-state index contributed by atoms with van der Waals surface area (Å²) < 4.78 is 0. The van der Waals surface area contributed by atoms with Crippen LogP contribution in [0.5, 0.6) is 0 Å². The second-order valence-corrected chi connectivity index (χ2v) is 8.57. The number of carboxylic acid groups (broad SMARTS) is 1. The largest absolute Gasteiger partial charge is 0.481 e. The molecular weight excluding hydrogens is 338 g/mol. The van der Waals surface area contributed by atoms with Crippen molar-refractivity contribution in [3.8, 4) is 0 Å². The number of benzene rings is 1. The predicted octanol–water partition coefficient (Wildman–Crippen LogP) is 4.60. The number of carbonyl (C=O) groups is 2. The van der Waals surface area contributed by atoms with Gasteiger partial charge in [-0.3, -0.25) is 9.59 Å². The molecule has 148 valence electrons. The van der Waals surface area contributed by atoms with Crippen LogP contribution in [0, 0.1) is 23.7 Å². The van der Waals surface area contributed by atoms with Crippen LogP contribution in [0.4, 0.5) is 0 Å². The van der Waals surface area contributed by atoms with Crippen molar-refractivity contribution in [1.82, 2.24) is 5.32 Å². The zero-order valence-corrected chi connectivity index (χ0v) is 16.4. The van der Waals surface area contributed by atoms with E-state index in [4.69, 9.17) is 5.11 Å². The molecule has 0 radical (unpaired) electrons. The SMILES string of the molecule is CC(CNC(=O)C1C2CCC(C2)C1CCCCCC(=O)O)c1ccccc1. The number of carbonyl (C=O) groups excluding carboxylic acids is 1. The van der Waals surface area contributed by atoms with Gasteiger partial charge in [0.2, 0.25) is 5.91 Å². The number of nitrogens with one attached hydrogen (secondary N) is 1. The summed E-state index contributed by atoms with van der Waals surface area (Å²) in [6, 6.07) is 10.3. The van der Waals surface area contributed by atoms with Gasteiger partial charge in [-0.1, -0.05) is 50.1 Å². The highest BCUT2D eigenvalue weighted by atomic mass is 16.4. The summed E-state index contributed by atoms with van der Waals surface area (Å²) in [6.45, 7) is 2.86. The molecule has 0 aliphatic heterocycles. The lowest BCUT2D eigenvalue weighted by Crippen LogP contribution is -2.39. The predicted molar refractivity (Wildman–Crippen MR) is 106 cm³/mol. The molecule has 1 amide bonds. The average molecular weight is 372 g/mol. The molecule has 2 aliphatic carbocycles. The van der Waals surface area contributed by atoms with Crippen molar-refractivity contribution in [3.63, 3.8) is 0 Å². The Labute approximate surface area is 162 Å². The maximum atomic E-state index is 13.0. The molecule has 0 aromatic heterocycles. The van der Waals surface area contributed by atoms with E-state index in [1.165, 1.54) is 24.8 Å². The van der Waals surface area contributed by atoms with Crippen molar-refractivity contribution < 1.29 is 14.7 Å².